The fraction of sp³-hybridized carbons (Fsp3) is 0.588. The second-order valence-corrected chi connectivity index (χ2v) is 5.84. The Labute approximate surface area is 137 Å². The van der Waals surface area contributed by atoms with Crippen molar-refractivity contribution in [1.29, 1.82) is 0 Å². The molecule has 0 radical (unpaired) electrons. The highest BCUT2D eigenvalue weighted by Gasteiger charge is 2.17. The van der Waals surface area contributed by atoms with Gasteiger partial charge in [0.25, 0.3) is 5.91 Å². The summed E-state index contributed by atoms with van der Waals surface area (Å²) in [6.07, 6.45) is 5.87. The fourth-order valence-electron chi connectivity index (χ4n) is 2.51. The van der Waals surface area contributed by atoms with Crippen LogP contribution in [0.2, 0.25) is 0 Å². The van der Waals surface area contributed by atoms with Gasteiger partial charge in [0.2, 0.25) is 0 Å². The number of likely N-dealkylation sites (N-methyl/N-ethyl adjacent to an activating group) is 1. The average molecular weight is 319 g/mol. The van der Waals surface area contributed by atoms with Crippen molar-refractivity contribution in [1.82, 2.24) is 9.88 Å². The lowest BCUT2D eigenvalue weighted by Crippen LogP contribution is -2.32. The number of ether oxygens (including phenoxy) is 1. The largest absolute Gasteiger partial charge is 0.452 e. The molecular weight excluding hydrogens is 294 g/mol. The van der Waals surface area contributed by atoms with Crippen LogP contribution in [0.5, 0.6) is 0 Å². The first-order chi connectivity index (χ1) is 11.1. The first-order valence-electron chi connectivity index (χ1n) is 8.24. The van der Waals surface area contributed by atoms with Crippen molar-refractivity contribution in [3.8, 4) is 0 Å². The Morgan fingerprint density at radius 1 is 1.35 bits per heavy atom. The molecule has 0 bridgehead atoms. The van der Waals surface area contributed by atoms with Crippen LogP contribution in [0.15, 0.2) is 18.3 Å². The van der Waals surface area contributed by atoms with Crippen molar-refractivity contribution in [2.45, 2.75) is 32.6 Å². The van der Waals surface area contributed by atoms with E-state index < -0.39 is 5.97 Å². The SMILES string of the molecule is CCCCN(C)C(=O)COC(=O)c1ccnc(N2CCCC2)c1. The van der Waals surface area contributed by atoms with Crippen LogP contribution in [0.4, 0.5) is 5.82 Å². The Balaban J connectivity index is 1.88. The molecule has 1 aliphatic heterocycles. The van der Waals surface area contributed by atoms with Crippen molar-refractivity contribution in [2.24, 2.45) is 0 Å². The molecule has 0 aromatic carbocycles. The van der Waals surface area contributed by atoms with Crippen LogP contribution >= 0.6 is 0 Å². The van der Waals surface area contributed by atoms with Gasteiger partial charge < -0.3 is 14.5 Å². The minimum Gasteiger partial charge on any atom is -0.452 e. The zero-order chi connectivity index (χ0) is 16.7. The van der Waals surface area contributed by atoms with Crippen molar-refractivity contribution in [2.75, 3.05) is 38.2 Å². The van der Waals surface area contributed by atoms with Gasteiger partial charge in [-0.25, -0.2) is 9.78 Å². The Hall–Kier alpha value is -2.11. The molecule has 0 aliphatic carbocycles. The molecule has 2 heterocycles. The number of hydrogen-bond donors (Lipinski definition) is 0. The van der Waals surface area contributed by atoms with Gasteiger partial charge in [0.1, 0.15) is 5.82 Å². The lowest BCUT2D eigenvalue weighted by molar-refractivity contribution is -0.133. The molecule has 0 spiro atoms. The minimum atomic E-state index is -0.481. The number of carbonyl (C=O) groups is 2. The normalized spacial score (nSPS) is 13.9. The predicted molar refractivity (Wildman–Crippen MR) is 88.5 cm³/mol. The van der Waals surface area contributed by atoms with E-state index in [1.807, 2.05) is 0 Å². The Bertz CT molecular complexity index is 542. The molecule has 0 saturated carbocycles. The van der Waals surface area contributed by atoms with E-state index in [-0.39, 0.29) is 12.5 Å². The lowest BCUT2D eigenvalue weighted by Gasteiger charge is -2.17. The van der Waals surface area contributed by atoms with E-state index >= 15 is 0 Å². The van der Waals surface area contributed by atoms with E-state index in [9.17, 15) is 9.59 Å². The Kier molecular flexibility index (Phi) is 6.38. The quantitative estimate of drug-likeness (QED) is 0.720. The summed E-state index contributed by atoms with van der Waals surface area (Å²) in [4.78, 5) is 32.1. The van der Waals surface area contributed by atoms with Gasteiger partial charge in [-0.3, -0.25) is 4.79 Å². The third kappa shape index (κ3) is 4.94. The summed E-state index contributed by atoms with van der Waals surface area (Å²) < 4.78 is 5.13. The van der Waals surface area contributed by atoms with Crippen LogP contribution < -0.4 is 4.90 Å². The van der Waals surface area contributed by atoms with E-state index in [0.29, 0.717) is 12.1 Å². The second-order valence-electron chi connectivity index (χ2n) is 5.84. The number of rotatable bonds is 7. The zero-order valence-corrected chi connectivity index (χ0v) is 14.0. The van der Waals surface area contributed by atoms with Crippen LogP contribution in [0.1, 0.15) is 43.0 Å². The van der Waals surface area contributed by atoms with Gasteiger partial charge in [0, 0.05) is 32.9 Å². The summed E-state index contributed by atoms with van der Waals surface area (Å²) in [5.41, 5.74) is 0.436. The number of pyridine rings is 1. The number of carbonyl (C=O) groups excluding carboxylic acids is 2. The molecule has 2 rings (SSSR count). The molecule has 0 atom stereocenters. The molecule has 0 N–H and O–H groups in total. The summed E-state index contributed by atoms with van der Waals surface area (Å²) in [5.74, 6) is 0.133. The van der Waals surface area contributed by atoms with E-state index in [4.69, 9.17) is 4.74 Å². The number of amides is 1. The number of esters is 1. The van der Waals surface area contributed by atoms with Gasteiger partial charge in [0.15, 0.2) is 6.61 Å². The zero-order valence-electron chi connectivity index (χ0n) is 14.0. The number of aromatic nitrogens is 1. The van der Waals surface area contributed by atoms with Crippen LogP contribution in [0.25, 0.3) is 0 Å². The summed E-state index contributed by atoms with van der Waals surface area (Å²) >= 11 is 0. The molecule has 1 aromatic heterocycles. The van der Waals surface area contributed by atoms with Crippen LogP contribution in [0.3, 0.4) is 0 Å². The maximum absolute atomic E-state index is 12.1. The predicted octanol–water partition coefficient (Wildman–Crippen LogP) is 2.10. The smallest absolute Gasteiger partial charge is 0.338 e. The van der Waals surface area contributed by atoms with Gasteiger partial charge >= 0.3 is 5.97 Å². The van der Waals surface area contributed by atoms with Crippen LogP contribution in [-0.4, -0.2) is 55.0 Å². The summed E-state index contributed by atoms with van der Waals surface area (Å²) in [6.45, 7) is 4.46. The van der Waals surface area contributed by atoms with Gasteiger partial charge in [-0.05, 0) is 31.4 Å². The van der Waals surface area contributed by atoms with Crippen LogP contribution in [-0.2, 0) is 9.53 Å². The van der Waals surface area contributed by atoms with Crippen molar-refractivity contribution in [3.63, 3.8) is 0 Å². The molecule has 23 heavy (non-hydrogen) atoms. The maximum atomic E-state index is 12.1. The van der Waals surface area contributed by atoms with E-state index in [1.54, 1.807) is 30.3 Å². The topological polar surface area (TPSA) is 62.7 Å². The summed E-state index contributed by atoms with van der Waals surface area (Å²) in [7, 11) is 1.73. The third-order valence-corrected chi connectivity index (χ3v) is 4.01. The Morgan fingerprint density at radius 2 is 2.09 bits per heavy atom. The standard InChI is InChI=1S/C17H25N3O3/c1-3-4-9-19(2)16(21)13-23-17(22)14-7-8-18-15(12-14)20-10-5-6-11-20/h7-8,12H,3-6,9-11,13H2,1-2H3. The molecule has 126 valence electrons. The first kappa shape index (κ1) is 17.2. The molecule has 1 aliphatic rings. The van der Waals surface area contributed by atoms with E-state index in [1.165, 1.54) is 0 Å². The van der Waals surface area contributed by atoms with Gasteiger partial charge in [0.05, 0.1) is 5.56 Å². The molecule has 1 saturated heterocycles. The van der Waals surface area contributed by atoms with Gasteiger partial charge in [-0.2, -0.15) is 0 Å². The van der Waals surface area contributed by atoms with E-state index in [0.717, 1.165) is 44.6 Å². The number of unbranched alkanes of at least 4 members (excludes halogenated alkanes) is 1. The highest BCUT2D eigenvalue weighted by molar-refractivity contribution is 5.91. The monoisotopic (exact) mass is 319 g/mol. The fourth-order valence-corrected chi connectivity index (χ4v) is 2.51. The van der Waals surface area contributed by atoms with E-state index in [2.05, 4.69) is 16.8 Å². The Morgan fingerprint density at radius 3 is 2.78 bits per heavy atom. The van der Waals surface area contributed by atoms with Crippen molar-refractivity contribution in [3.05, 3.63) is 23.9 Å². The molecule has 1 amide bonds. The average Bonchev–Trinajstić information content (AvgIpc) is 3.11. The highest BCUT2D eigenvalue weighted by Crippen LogP contribution is 2.18. The summed E-state index contributed by atoms with van der Waals surface area (Å²) in [5, 5.41) is 0. The molecule has 6 nitrogen and oxygen atoms in total. The number of anilines is 1. The van der Waals surface area contributed by atoms with Gasteiger partial charge in [-0.15, -0.1) is 0 Å². The summed E-state index contributed by atoms with van der Waals surface area (Å²) in [6, 6.07) is 3.35. The number of hydrogen-bond acceptors (Lipinski definition) is 5. The first-order valence-corrected chi connectivity index (χ1v) is 8.24. The molecular formula is C17H25N3O3. The minimum absolute atomic E-state index is 0.180. The van der Waals surface area contributed by atoms with Gasteiger partial charge in [-0.1, -0.05) is 13.3 Å². The number of nitrogens with zero attached hydrogens (tertiary/aromatic N) is 3. The second kappa shape index (κ2) is 8.50. The highest BCUT2D eigenvalue weighted by atomic mass is 16.5. The van der Waals surface area contributed by atoms with Crippen LogP contribution in [0, 0.1) is 0 Å². The van der Waals surface area contributed by atoms with Crippen molar-refractivity contribution < 1.29 is 14.3 Å². The third-order valence-electron chi connectivity index (χ3n) is 4.01. The lowest BCUT2D eigenvalue weighted by atomic mass is 10.2. The molecule has 6 heteroatoms. The van der Waals surface area contributed by atoms with Crippen molar-refractivity contribution >= 4 is 17.7 Å². The molecule has 1 aromatic rings. The molecule has 0 unspecified atom stereocenters. The molecule has 1 fully saturated rings. The maximum Gasteiger partial charge on any atom is 0.338 e.